The summed E-state index contributed by atoms with van der Waals surface area (Å²) in [5, 5.41) is 7.32. The third-order valence-corrected chi connectivity index (χ3v) is 5.19. The first-order valence-electron chi connectivity index (χ1n) is 9.90. The summed E-state index contributed by atoms with van der Waals surface area (Å²) in [7, 11) is 0. The summed E-state index contributed by atoms with van der Waals surface area (Å²) in [5.41, 5.74) is 1.65. The van der Waals surface area contributed by atoms with Gasteiger partial charge in [-0.05, 0) is 68.6 Å². The van der Waals surface area contributed by atoms with Crippen molar-refractivity contribution in [3.63, 3.8) is 0 Å². The topological polar surface area (TPSA) is 63.2 Å². The van der Waals surface area contributed by atoms with Gasteiger partial charge in [0, 0.05) is 29.8 Å². The second kappa shape index (κ2) is 8.85. The molecule has 0 spiro atoms. The molecular formula is C23H25N3O2. The molecule has 0 saturated carbocycles. The number of para-hydroxylation sites is 1. The van der Waals surface area contributed by atoms with E-state index in [1.165, 1.54) is 0 Å². The molecule has 1 aliphatic rings. The van der Waals surface area contributed by atoms with Crippen molar-refractivity contribution in [2.75, 3.05) is 18.4 Å². The highest BCUT2D eigenvalue weighted by Crippen LogP contribution is 2.30. The molecule has 1 saturated heterocycles. The zero-order chi connectivity index (χ0) is 19.2. The van der Waals surface area contributed by atoms with Crippen molar-refractivity contribution < 1.29 is 9.53 Å². The van der Waals surface area contributed by atoms with Gasteiger partial charge in [0.15, 0.2) is 0 Å². The molecule has 0 unspecified atom stereocenters. The number of piperidine rings is 1. The number of aromatic nitrogens is 1. The van der Waals surface area contributed by atoms with E-state index in [4.69, 9.17) is 4.74 Å². The van der Waals surface area contributed by atoms with Crippen LogP contribution in [0.2, 0.25) is 0 Å². The Balaban J connectivity index is 1.39. The summed E-state index contributed by atoms with van der Waals surface area (Å²) in [6.45, 7) is 2.13. The minimum atomic E-state index is 0.0602. The van der Waals surface area contributed by atoms with Gasteiger partial charge >= 0.3 is 0 Å². The summed E-state index contributed by atoms with van der Waals surface area (Å²) in [6.07, 6.45) is 5.58. The Morgan fingerprint density at radius 2 is 1.96 bits per heavy atom. The predicted octanol–water partition coefficient (Wildman–Crippen LogP) is 4.75. The Bertz CT molecular complexity index is 946. The molecule has 1 aromatic heterocycles. The quantitative estimate of drug-likeness (QED) is 0.653. The second-order valence-electron chi connectivity index (χ2n) is 7.24. The van der Waals surface area contributed by atoms with Crippen molar-refractivity contribution in [3.05, 3.63) is 60.8 Å². The van der Waals surface area contributed by atoms with Gasteiger partial charge in [0.25, 0.3) is 0 Å². The van der Waals surface area contributed by atoms with E-state index < -0.39 is 0 Å². The Morgan fingerprint density at radius 1 is 1.11 bits per heavy atom. The van der Waals surface area contributed by atoms with E-state index in [0.717, 1.165) is 54.7 Å². The maximum absolute atomic E-state index is 12.3. The van der Waals surface area contributed by atoms with Crippen molar-refractivity contribution in [1.82, 2.24) is 10.3 Å². The maximum atomic E-state index is 12.3. The number of nitrogens with one attached hydrogen (secondary N) is 2. The van der Waals surface area contributed by atoms with Crippen molar-refractivity contribution in [2.24, 2.45) is 5.92 Å². The largest absolute Gasteiger partial charge is 0.457 e. The van der Waals surface area contributed by atoms with Crippen LogP contribution in [0.1, 0.15) is 25.7 Å². The molecule has 3 aromatic rings. The highest BCUT2D eigenvalue weighted by Gasteiger charge is 2.14. The summed E-state index contributed by atoms with van der Waals surface area (Å²) in [4.78, 5) is 16.7. The van der Waals surface area contributed by atoms with Crippen LogP contribution in [0.25, 0.3) is 10.9 Å². The molecule has 1 amide bonds. The predicted molar refractivity (Wildman–Crippen MR) is 112 cm³/mol. The summed E-state index contributed by atoms with van der Waals surface area (Å²) >= 11 is 0. The molecule has 144 valence electrons. The van der Waals surface area contributed by atoms with Crippen LogP contribution in [0.4, 0.5) is 5.69 Å². The zero-order valence-electron chi connectivity index (χ0n) is 15.9. The molecule has 0 atom stereocenters. The average Bonchev–Trinajstić information content (AvgIpc) is 2.74. The van der Waals surface area contributed by atoms with Crippen LogP contribution < -0.4 is 15.4 Å². The highest BCUT2D eigenvalue weighted by molar-refractivity contribution is 5.91. The van der Waals surface area contributed by atoms with E-state index in [9.17, 15) is 4.79 Å². The normalized spacial score (nSPS) is 14.7. The zero-order valence-corrected chi connectivity index (χ0v) is 15.9. The SMILES string of the molecule is O=C(CCC1CCNCC1)Nc1cccc(Oc2ccnc3ccccc23)c1. The Labute approximate surface area is 165 Å². The third-order valence-electron chi connectivity index (χ3n) is 5.19. The van der Waals surface area contributed by atoms with Crippen LogP contribution in [0.15, 0.2) is 60.8 Å². The van der Waals surface area contributed by atoms with Gasteiger partial charge in [-0.2, -0.15) is 0 Å². The molecule has 5 nitrogen and oxygen atoms in total. The van der Waals surface area contributed by atoms with E-state index in [-0.39, 0.29) is 5.91 Å². The van der Waals surface area contributed by atoms with E-state index in [0.29, 0.717) is 18.1 Å². The number of hydrogen-bond donors (Lipinski definition) is 2. The molecule has 0 radical (unpaired) electrons. The first-order chi connectivity index (χ1) is 13.8. The lowest BCUT2D eigenvalue weighted by molar-refractivity contribution is -0.116. The van der Waals surface area contributed by atoms with Crippen molar-refractivity contribution in [1.29, 1.82) is 0 Å². The van der Waals surface area contributed by atoms with E-state index >= 15 is 0 Å². The van der Waals surface area contributed by atoms with E-state index in [1.54, 1.807) is 6.20 Å². The summed E-state index contributed by atoms with van der Waals surface area (Å²) in [5.74, 6) is 2.15. The highest BCUT2D eigenvalue weighted by atomic mass is 16.5. The van der Waals surface area contributed by atoms with Crippen LogP contribution in [-0.4, -0.2) is 24.0 Å². The van der Waals surface area contributed by atoms with Crippen LogP contribution >= 0.6 is 0 Å². The van der Waals surface area contributed by atoms with Crippen LogP contribution in [0.3, 0.4) is 0 Å². The fraction of sp³-hybridized carbons (Fsp3) is 0.304. The van der Waals surface area contributed by atoms with E-state index in [1.807, 2.05) is 54.6 Å². The Hall–Kier alpha value is -2.92. The van der Waals surface area contributed by atoms with Gasteiger partial charge in [0.1, 0.15) is 11.5 Å². The smallest absolute Gasteiger partial charge is 0.224 e. The first kappa shape index (κ1) is 18.4. The summed E-state index contributed by atoms with van der Waals surface area (Å²) < 4.78 is 6.07. The third kappa shape index (κ3) is 4.67. The molecule has 5 heteroatoms. The Morgan fingerprint density at radius 3 is 2.86 bits per heavy atom. The van der Waals surface area contributed by atoms with Gasteiger partial charge < -0.3 is 15.4 Å². The van der Waals surface area contributed by atoms with Gasteiger partial charge in [-0.3, -0.25) is 9.78 Å². The number of carbonyl (C=O) groups is 1. The molecule has 2 heterocycles. The standard InChI is InChI=1S/C23H25N3O2/c27-23(9-8-17-10-13-24-14-11-17)26-18-4-3-5-19(16-18)28-22-12-15-25-21-7-2-1-6-20(21)22/h1-7,12,15-17,24H,8-11,13-14H2,(H,26,27). The lowest BCUT2D eigenvalue weighted by Crippen LogP contribution is -2.28. The average molecular weight is 375 g/mol. The first-order valence-corrected chi connectivity index (χ1v) is 9.90. The number of ether oxygens (including phenoxy) is 1. The van der Waals surface area contributed by atoms with Gasteiger partial charge in [0.2, 0.25) is 5.91 Å². The molecule has 1 fully saturated rings. The molecule has 1 aliphatic heterocycles. The van der Waals surface area contributed by atoms with Crippen LogP contribution in [0.5, 0.6) is 11.5 Å². The van der Waals surface area contributed by atoms with Gasteiger partial charge in [0.05, 0.1) is 5.52 Å². The summed E-state index contributed by atoms with van der Waals surface area (Å²) in [6, 6.07) is 17.3. The lowest BCUT2D eigenvalue weighted by atomic mass is 9.93. The lowest BCUT2D eigenvalue weighted by Gasteiger charge is -2.22. The number of rotatable bonds is 6. The number of amides is 1. The minimum Gasteiger partial charge on any atom is -0.457 e. The molecule has 2 aromatic carbocycles. The number of anilines is 1. The minimum absolute atomic E-state index is 0.0602. The number of nitrogens with zero attached hydrogens (tertiary/aromatic N) is 1. The molecular weight excluding hydrogens is 350 g/mol. The van der Waals surface area contributed by atoms with Crippen molar-refractivity contribution in [2.45, 2.75) is 25.7 Å². The van der Waals surface area contributed by atoms with Gasteiger partial charge in [-0.15, -0.1) is 0 Å². The van der Waals surface area contributed by atoms with Crippen molar-refractivity contribution >= 4 is 22.5 Å². The Kier molecular flexibility index (Phi) is 5.83. The molecule has 4 rings (SSSR count). The molecule has 2 N–H and O–H groups in total. The molecule has 28 heavy (non-hydrogen) atoms. The van der Waals surface area contributed by atoms with Crippen LogP contribution in [-0.2, 0) is 4.79 Å². The number of hydrogen-bond acceptors (Lipinski definition) is 4. The second-order valence-corrected chi connectivity index (χ2v) is 7.24. The number of fused-ring (bicyclic) bond motifs is 1. The fourth-order valence-corrected chi connectivity index (χ4v) is 3.65. The molecule has 0 bridgehead atoms. The molecule has 0 aliphatic carbocycles. The van der Waals surface area contributed by atoms with Gasteiger partial charge in [-0.1, -0.05) is 18.2 Å². The maximum Gasteiger partial charge on any atom is 0.224 e. The van der Waals surface area contributed by atoms with Crippen molar-refractivity contribution in [3.8, 4) is 11.5 Å². The number of carbonyl (C=O) groups excluding carboxylic acids is 1. The fourth-order valence-electron chi connectivity index (χ4n) is 3.65. The monoisotopic (exact) mass is 375 g/mol. The van der Waals surface area contributed by atoms with E-state index in [2.05, 4.69) is 15.6 Å². The number of pyridine rings is 1. The number of benzene rings is 2. The van der Waals surface area contributed by atoms with Gasteiger partial charge in [-0.25, -0.2) is 0 Å². The van der Waals surface area contributed by atoms with Crippen LogP contribution in [0, 0.1) is 5.92 Å².